The summed E-state index contributed by atoms with van der Waals surface area (Å²) in [6.45, 7) is 1.88. The van der Waals surface area contributed by atoms with Crippen LogP contribution in [-0.2, 0) is 16.6 Å². The monoisotopic (exact) mass is 409 g/mol. The molecule has 0 heterocycles. The highest BCUT2D eigenvalue weighted by Gasteiger charge is 2.19. The van der Waals surface area contributed by atoms with Crippen molar-refractivity contribution in [2.45, 2.75) is 18.4 Å². The molecular formula is C22H23N3O3S. The molecule has 0 radical (unpaired) electrons. The zero-order chi connectivity index (χ0) is 20.9. The van der Waals surface area contributed by atoms with Crippen LogP contribution in [0.3, 0.4) is 0 Å². The molecule has 0 bridgehead atoms. The van der Waals surface area contributed by atoms with Crippen LogP contribution in [0.15, 0.2) is 83.8 Å². The second kappa shape index (κ2) is 8.89. The van der Waals surface area contributed by atoms with Gasteiger partial charge in [0.1, 0.15) is 0 Å². The van der Waals surface area contributed by atoms with Gasteiger partial charge in [0.2, 0.25) is 10.0 Å². The van der Waals surface area contributed by atoms with Crippen molar-refractivity contribution in [1.29, 1.82) is 0 Å². The predicted molar refractivity (Wildman–Crippen MR) is 114 cm³/mol. The van der Waals surface area contributed by atoms with Crippen molar-refractivity contribution in [3.63, 3.8) is 0 Å². The van der Waals surface area contributed by atoms with Gasteiger partial charge in [0.05, 0.1) is 10.6 Å². The van der Waals surface area contributed by atoms with Gasteiger partial charge in [0.25, 0.3) is 5.91 Å². The summed E-state index contributed by atoms with van der Waals surface area (Å²) in [5.74, 6) is -0.393. The van der Waals surface area contributed by atoms with Crippen LogP contribution in [0, 0.1) is 6.92 Å². The smallest absolute Gasteiger partial charge is 0.269 e. The van der Waals surface area contributed by atoms with Crippen molar-refractivity contribution >= 4 is 21.6 Å². The van der Waals surface area contributed by atoms with E-state index in [0.717, 1.165) is 11.3 Å². The maximum atomic E-state index is 12.8. The zero-order valence-electron chi connectivity index (χ0n) is 16.3. The molecule has 0 fully saturated rings. The SMILES string of the molecule is Cc1ccc(C(=O)NN(C)c2ccccc2)cc1S(=O)(=O)NCc1ccccc1. The second-order valence-electron chi connectivity index (χ2n) is 6.63. The summed E-state index contributed by atoms with van der Waals surface area (Å²) in [6, 6.07) is 23.3. The highest BCUT2D eigenvalue weighted by Crippen LogP contribution is 2.18. The lowest BCUT2D eigenvalue weighted by atomic mass is 10.1. The summed E-state index contributed by atoms with van der Waals surface area (Å²) in [7, 11) is -2.05. The van der Waals surface area contributed by atoms with Gasteiger partial charge in [0.15, 0.2) is 0 Å². The highest BCUT2D eigenvalue weighted by molar-refractivity contribution is 7.89. The van der Waals surface area contributed by atoms with E-state index in [9.17, 15) is 13.2 Å². The first-order chi connectivity index (χ1) is 13.9. The standard InChI is InChI=1S/C22H23N3O3S/c1-17-13-14-19(22(26)24-25(2)20-11-7-4-8-12-20)15-21(17)29(27,28)23-16-18-9-5-3-6-10-18/h3-15,23H,16H2,1-2H3,(H,24,26). The molecular weight excluding hydrogens is 386 g/mol. The van der Waals surface area contributed by atoms with Crippen LogP contribution >= 0.6 is 0 Å². The van der Waals surface area contributed by atoms with Crippen LogP contribution in [0.5, 0.6) is 0 Å². The number of para-hydroxylation sites is 1. The van der Waals surface area contributed by atoms with Gasteiger partial charge in [-0.3, -0.25) is 15.2 Å². The largest absolute Gasteiger partial charge is 0.288 e. The number of rotatable bonds is 7. The van der Waals surface area contributed by atoms with Crippen molar-refractivity contribution < 1.29 is 13.2 Å². The topological polar surface area (TPSA) is 78.5 Å². The molecule has 0 atom stereocenters. The van der Waals surface area contributed by atoms with E-state index in [-0.39, 0.29) is 17.0 Å². The highest BCUT2D eigenvalue weighted by atomic mass is 32.2. The number of hydrogen-bond donors (Lipinski definition) is 2. The normalized spacial score (nSPS) is 11.1. The number of hydrogen-bond acceptors (Lipinski definition) is 4. The van der Waals surface area contributed by atoms with Gasteiger partial charge in [0, 0.05) is 19.2 Å². The lowest BCUT2D eigenvalue weighted by Gasteiger charge is -2.20. The van der Waals surface area contributed by atoms with E-state index < -0.39 is 15.9 Å². The fraction of sp³-hybridized carbons (Fsp3) is 0.136. The molecule has 0 saturated carbocycles. The Hall–Kier alpha value is -3.16. The van der Waals surface area contributed by atoms with Crippen molar-refractivity contribution in [2.24, 2.45) is 0 Å². The van der Waals surface area contributed by atoms with E-state index in [0.29, 0.717) is 5.56 Å². The molecule has 2 N–H and O–H groups in total. The number of hydrazine groups is 1. The van der Waals surface area contributed by atoms with Gasteiger partial charge in [-0.2, -0.15) is 0 Å². The molecule has 1 amide bonds. The molecule has 0 aliphatic carbocycles. The first-order valence-corrected chi connectivity index (χ1v) is 10.6. The van der Waals surface area contributed by atoms with Crippen molar-refractivity contribution in [3.8, 4) is 0 Å². The van der Waals surface area contributed by atoms with Gasteiger partial charge in [-0.1, -0.05) is 54.6 Å². The van der Waals surface area contributed by atoms with Crippen LogP contribution in [0.4, 0.5) is 5.69 Å². The van der Waals surface area contributed by atoms with E-state index in [2.05, 4.69) is 10.1 Å². The average molecular weight is 410 g/mol. The Labute approximate surface area is 171 Å². The average Bonchev–Trinajstić information content (AvgIpc) is 2.74. The lowest BCUT2D eigenvalue weighted by Crippen LogP contribution is -2.39. The third-order valence-corrected chi connectivity index (χ3v) is 6.00. The number of carbonyl (C=O) groups excluding carboxylic acids is 1. The van der Waals surface area contributed by atoms with Gasteiger partial charge in [-0.05, 0) is 42.3 Å². The number of amides is 1. The van der Waals surface area contributed by atoms with Crippen molar-refractivity contribution in [2.75, 3.05) is 12.1 Å². The molecule has 29 heavy (non-hydrogen) atoms. The van der Waals surface area contributed by atoms with E-state index in [1.807, 2.05) is 60.7 Å². The van der Waals surface area contributed by atoms with E-state index in [1.165, 1.54) is 6.07 Å². The lowest BCUT2D eigenvalue weighted by molar-refractivity contribution is 0.0951. The minimum atomic E-state index is -3.77. The number of carbonyl (C=O) groups is 1. The summed E-state index contributed by atoms with van der Waals surface area (Å²) < 4.78 is 28.2. The Morgan fingerprint density at radius 1 is 0.931 bits per heavy atom. The molecule has 0 unspecified atom stereocenters. The Bertz CT molecular complexity index is 1080. The first kappa shape index (κ1) is 20.6. The summed E-state index contributed by atoms with van der Waals surface area (Å²) in [6.07, 6.45) is 0. The quantitative estimate of drug-likeness (QED) is 0.587. The molecule has 3 aromatic rings. The third kappa shape index (κ3) is 5.22. The van der Waals surface area contributed by atoms with Gasteiger partial charge in [-0.25, -0.2) is 13.1 Å². The molecule has 0 aliphatic heterocycles. The van der Waals surface area contributed by atoms with Crippen molar-refractivity contribution in [3.05, 3.63) is 95.6 Å². The number of aryl methyl sites for hydroxylation is 1. The molecule has 7 heteroatoms. The molecule has 0 spiro atoms. The van der Waals surface area contributed by atoms with Crippen LogP contribution in [-0.4, -0.2) is 21.4 Å². The van der Waals surface area contributed by atoms with Crippen molar-refractivity contribution in [1.82, 2.24) is 10.1 Å². The van der Waals surface area contributed by atoms with Crippen LogP contribution in [0.2, 0.25) is 0 Å². The van der Waals surface area contributed by atoms with Crippen LogP contribution < -0.4 is 15.2 Å². The molecule has 3 rings (SSSR count). The summed E-state index contributed by atoms with van der Waals surface area (Å²) >= 11 is 0. The van der Waals surface area contributed by atoms with E-state index in [1.54, 1.807) is 31.1 Å². The number of nitrogens with one attached hydrogen (secondary N) is 2. The molecule has 3 aromatic carbocycles. The Morgan fingerprint density at radius 3 is 2.21 bits per heavy atom. The maximum absolute atomic E-state index is 12.8. The fourth-order valence-electron chi connectivity index (χ4n) is 2.82. The number of nitrogens with zero attached hydrogens (tertiary/aromatic N) is 1. The summed E-state index contributed by atoms with van der Waals surface area (Å²) in [5.41, 5.74) is 5.24. The van der Waals surface area contributed by atoms with E-state index >= 15 is 0 Å². The third-order valence-electron chi connectivity index (χ3n) is 4.46. The fourth-order valence-corrected chi connectivity index (χ4v) is 4.10. The van der Waals surface area contributed by atoms with E-state index in [4.69, 9.17) is 0 Å². The maximum Gasteiger partial charge on any atom is 0.269 e. The molecule has 6 nitrogen and oxygen atoms in total. The Morgan fingerprint density at radius 2 is 1.55 bits per heavy atom. The Kier molecular flexibility index (Phi) is 6.31. The van der Waals surface area contributed by atoms with Crippen LogP contribution in [0.1, 0.15) is 21.5 Å². The second-order valence-corrected chi connectivity index (χ2v) is 8.36. The predicted octanol–water partition coefficient (Wildman–Crippen LogP) is 3.25. The molecule has 150 valence electrons. The summed E-state index contributed by atoms with van der Waals surface area (Å²) in [4.78, 5) is 12.7. The Balaban J connectivity index is 1.77. The minimum Gasteiger partial charge on any atom is -0.288 e. The summed E-state index contributed by atoms with van der Waals surface area (Å²) in [5, 5.41) is 1.59. The number of benzene rings is 3. The number of anilines is 1. The minimum absolute atomic E-state index is 0.0865. The van der Waals surface area contributed by atoms with Gasteiger partial charge in [-0.15, -0.1) is 0 Å². The number of sulfonamides is 1. The zero-order valence-corrected chi connectivity index (χ0v) is 17.1. The van der Waals surface area contributed by atoms with Crippen LogP contribution in [0.25, 0.3) is 0 Å². The molecule has 0 aromatic heterocycles. The first-order valence-electron chi connectivity index (χ1n) is 9.11. The van der Waals surface area contributed by atoms with Gasteiger partial charge < -0.3 is 0 Å². The molecule has 0 saturated heterocycles. The molecule has 0 aliphatic rings. The van der Waals surface area contributed by atoms with Gasteiger partial charge >= 0.3 is 0 Å².